The third-order valence-electron chi connectivity index (χ3n) is 2.46. The molecule has 0 aliphatic rings. The molecule has 0 fully saturated rings. The summed E-state index contributed by atoms with van der Waals surface area (Å²) in [4.78, 5) is 0. The second-order valence-electron chi connectivity index (χ2n) is 3.94. The van der Waals surface area contributed by atoms with E-state index in [0.717, 1.165) is 29.0 Å². The van der Waals surface area contributed by atoms with Gasteiger partial charge in [0, 0.05) is 18.7 Å². The molecule has 0 aliphatic heterocycles. The first-order valence-corrected chi connectivity index (χ1v) is 6.11. The predicted molar refractivity (Wildman–Crippen MR) is 70.9 cm³/mol. The predicted octanol–water partition coefficient (Wildman–Crippen LogP) is 3.32. The van der Waals surface area contributed by atoms with Crippen LogP contribution in [0.2, 0.25) is 0 Å². The van der Waals surface area contributed by atoms with E-state index in [1.807, 2.05) is 48.0 Å². The maximum Gasteiger partial charge on any atom is 0.122 e. The van der Waals surface area contributed by atoms with Crippen LogP contribution >= 0.6 is 12.2 Å². The number of aromatic amines is 1. The van der Waals surface area contributed by atoms with Crippen LogP contribution in [0.4, 0.5) is 0 Å². The van der Waals surface area contributed by atoms with Gasteiger partial charge in [-0.25, -0.2) is 0 Å². The van der Waals surface area contributed by atoms with Gasteiger partial charge in [0.2, 0.25) is 0 Å². The maximum absolute atomic E-state index is 5.61. The van der Waals surface area contributed by atoms with Crippen LogP contribution in [-0.4, -0.2) is 16.4 Å². The van der Waals surface area contributed by atoms with Gasteiger partial charge in [0.15, 0.2) is 0 Å². The number of benzene rings is 1. The lowest BCUT2D eigenvalue weighted by molar-refractivity contribution is 0.298. The first-order valence-electron chi connectivity index (χ1n) is 5.70. The van der Waals surface area contributed by atoms with Crippen molar-refractivity contribution in [3.05, 3.63) is 46.7 Å². The minimum atomic E-state index is 0.698. The van der Waals surface area contributed by atoms with Crippen molar-refractivity contribution in [2.75, 3.05) is 6.61 Å². The van der Waals surface area contributed by atoms with Gasteiger partial charge in [0.25, 0.3) is 0 Å². The molecule has 17 heavy (non-hydrogen) atoms. The molecule has 0 unspecified atom stereocenters. The van der Waals surface area contributed by atoms with E-state index < -0.39 is 0 Å². The van der Waals surface area contributed by atoms with Crippen LogP contribution in [0, 0.1) is 11.6 Å². The van der Waals surface area contributed by atoms with Crippen molar-refractivity contribution in [3.8, 4) is 5.75 Å². The summed E-state index contributed by atoms with van der Waals surface area (Å²) < 4.78 is 8.43. The molecule has 3 nitrogen and oxygen atoms in total. The van der Waals surface area contributed by atoms with Crippen molar-refractivity contribution in [1.82, 2.24) is 9.78 Å². The standard InChI is InChI=1S/C13H16N2OS/c1-11-10-13(17)15(14-11)8-5-9-16-12-6-3-2-4-7-12/h2-4,6-7,10,14H,5,8-9H2,1H3. The number of ether oxygens (including phenoxy) is 1. The lowest BCUT2D eigenvalue weighted by Gasteiger charge is -2.06. The highest BCUT2D eigenvalue weighted by Gasteiger charge is 1.97. The molecule has 2 aromatic rings. The Morgan fingerprint density at radius 3 is 2.71 bits per heavy atom. The van der Waals surface area contributed by atoms with Crippen LogP contribution in [0.3, 0.4) is 0 Å². The number of para-hydroxylation sites is 1. The summed E-state index contributed by atoms with van der Waals surface area (Å²) in [7, 11) is 0. The van der Waals surface area contributed by atoms with E-state index in [0.29, 0.717) is 6.61 Å². The number of rotatable bonds is 5. The quantitative estimate of drug-likeness (QED) is 0.650. The molecular weight excluding hydrogens is 232 g/mol. The zero-order valence-corrected chi connectivity index (χ0v) is 10.7. The monoisotopic (exact) mass is 248 g/mol. The molecule has 90 valence electrons. The highest BCUT2D eigenvalue weighted by Crippen LogP contribution is 2.08. The van der Waals surface area contributed by atoms with E-state index in [2.05, 4.69) is 5.10 Å². The van der Waals surface area contributed by atoms with Crippen molar-refractivity contribution in [1.29, 1.82) is 0 Å². The third-order valence-corrected chi connectivity index (χ3v) is 2.79. The summed E-state index contributed by atoms with van der Waals surface area (Å²) in [5.41, 5.74) is 1.10. The number of aryl methyl sites for hydroxylation is 2. The van der Waals surface area contributed by atoms with Crippen LogP contribution < -0.4 is 4.74 Å². The number of H-pyrrole nitrogens is 1. The fourth-order valence-corrected chi connectivity index (χ4v) is 1.97. The van der Waals surface area contributed by atoms with Crippen LogP contribution in [0.15, 0.2) is 36.4 Å². The largest absolute Gasteiger partial charge is 0.494 e. The molecular formula is C13H16N2OS. The summed E-state index contributed by atoms with van der Waals surface area (Å²) in [5, 5.41) is 3.20. The summed E-state index contributed by atoms with van der Waals surface area (Å²) in [6.07, 6.45) is 0.934. The van der Waals surface area contributed by atoms with Gasteiger partial charge < -0.3 is 9.84 Å². The Morgan fingerprint density at radius 2 is 2.06 bits per heavy atom. The summed E-state index contributed by atoms with van der Waals surface area (Å²) in [6.45, 7) is 3.57. The third kappa shape index (κ3) is 3.46. The van der Waals surface area contributed by atoms with Crippen LogP contribution in [0.1, 0.15) is 12.1 Å². The van der Waals surface area contributed by atoms with E-state index in [4.69, 9.17) is 17.0 Å². The van der Waals surface area contributed by atoms with E-state index in [9.17, 15) is 0 Å². The van der Waals surface area contributed by atoms with Crippen LogP contribution in [0.25, 0.3) is 0 Å². The molecule has 1 aromatic heterocycles. The lowest BCUT2D eigenvalue weighted by Crippen LogP contribution is -2.06. The fourth-order valence-electron chi connectivity index (χ4n) is 1.66. The topological polar surface area (TPSA) is 29.9 Å². The summed E-state index contributed by atoms with van der Waals surface area (Å²) in [5.74, 6) is 0.916. The molecule has 0 bridgehead atoms. The second kappa shape index (κ2) is 5.68. The highest BCUT2D eigenvalue weighted by molar-refractivity contribution is 7.71. The zero-order chi connectivity index (χ0) is 12.1. The number of nitrogens with zero attached hydrogens (tertiary/aromatic N) is 1. The van der Waals surface area contributed by atoms with Crippen molar-refractivity contribution in [2.45, 2.75) is 19.9 Å². The second-order valence-corrected chi connectivity index (χ2v) is 4.36. The van der Waals surface area contributed by atoms with Crippen molar-refractivity contribution >= 4 is 12.2 Å². The molecule has 0 amide bonds. The Bertz CT molecular complexity index is 516. The Morgan fingerprint density at radius 1 is 1.29 bits per heavy atom. The van der Waals surface area contributed by atoms with Gasteiger partial charge in [-0.1, -0.05) is 30.4 Å². The molecule has 0 saturated heterocycles. The molecule has 0 aliphatic carbocycles. The first-order chi connectivity index (χ1) is 8.25. The lowest BCUT2D eigenvalue weighted by atomic mass is 10.3. The number of hydrogen-bond donors (Lipinski definition) is 1. The molecule has 0 atom stereocenters. The molecule has 1 aromatic carbocycles. The molecule has 2 rings (SSSR count). The van der Waals surface area contributed by atoms with Crippen LogP contribution in [0.5, 0.6) is 5.75 Å². The fraction of sp³-hybridized carbons (Fsp3) is 0.308. The Labute approximate surface area is 106 Å². The average Bonchev–Trinajstić information content (AvgIpc) is 2.65. The number of nitrogens with one attached hydrogen (secondary N) is 1. The minimum absolute atomic E-state index is 0.698. The van der Waals surface area contributed by atoms with Gasteiger partial charge in [-0.3, -0.25) is 4.68 Å². The van der Waals surface area contributed by atoms with Gasteiger partial charge in [-0.05, 0) is 25.1 Å². The van der Waals surface area contributed by atoms with E-state index in [1.165, 1.54) is 0 Å². The number of hydrogen-bond acceptors (Lipinski definition) is 2. The first kappa shape index (κ1) is 11.9. The molecule has 1 N–H and O–H groups in total. The maximum atomic E-state index is 5.61. The zero-order valence-electron chi connectivity index (χ0n) is 9.85. The van der Waals surface area contributed by atoms with Gasteiger partial charge >= 0.3 is 0 Å². The van der Waals surface area contributed by atoms with Crippen molar-refractivity contribution < 1.29 is 4.74 Å². The minimum Gasteiger partial charge on any atom is -0.494 e. The Hall–Kier alpha value is -1.55. The molecule has 0 radical (unpaired) electrons. The molecule has 1 heterocycles. The smallest absolute Gasteiger partial charge is 0.122 e. The van der Waals surface area contributed by atoms with Gasteiger partial charge in [-0.2, -0.15) is 0 Å². The Kier molecular flexibility index (Phi) is 3.98. The summed E-state index contributed by atoms with van der Waals surface area (Å²) >= 11 is 5.21. The number of aromatic nitrogens is 2. The normalized spacial score (nSPS) is 10.4. The van der Waals surface area contributed by atoms with Crippen LogP contribution in [-0.2, 0) is 6.54 Å². The van der Waals surface area contributed by atoms with Gasteiger partial charge in [0.05, 0.1) is 6.61 Å². The van der Waals surface area contributed by atoms with Gasteiger partial charge in [0.1, 0.15) is 10.4 Å². The van der Waals surface area contributed by atoms with E-state index in [-0.39, 0.29) is 0 Å². The molecule has 4 heteroatoms. The summed E-state index contributed by atoms with van der Waals surface area (Å²) in [6, 6.07) is 11.8. The van der Waals surface area contributed by atoms with Gasteiger partial charge in [-0.15, -0.1) is 0 Å². The van der Waals surface area contributed by atoms with Crippen molar-refractivity contribution in [2.24, 2.45) is 0 Å². The van der Waals surface area contributed by atoms with E-state index in [1.54, 1.807) is 0 Å². The molecule has 0 saturated carbocycles. The SMILES string of the molecule is Cc1cc(=S)n(CCCOc2ccccc2)[nH]1. The van der Waals surface area contributed by atoms with E-state index >= 15 is 0 Å². The van der Waals surface area contributed by atoms with Crippen molar-refractivity contribution in [3.63, 3.8) is 0 Å². The average molecular weight is 248 g/mol. The Balaban J connectivity index is 1.77. The molecule has 0 spiro atoms. The highest BCUT2D eigenvalue weighted by atomic mass is 32.1.